The topological polar surface area (TPSA) is 55.4 Å². The molecule has 0 saturated heterocycles. The van der Waals surface area contributed by atoms with Gasteiger partial charge in [-0.25, -0.2) is 4.79 Å². The third kappa shape index (κ3) is 5.22. The van der Waals surface area contributed by atoms with Gasteiger partial charge in [0, 0.05) is 10.7 Å². The average molecular weight is 372 g/mol. The standard InChI is InChI=1S/C17H13ClF3NO3/c1-10-2-7-13(8-14(10)18)22-15(23)9-25-16(24)11-3-5-12(6-4-11)17(19,20)21/h2-8H,9H2,1H3,(H,22,23). The fourth-order valence-electron chi connectivity index (χ4n) is 1.88. The van der Waals surface area contributed by atoms with E-state index in [4.69, 9.17) is 16.3 Å². The first-order valence-electron chi connectivity index (χ1n) is 7.07. The Kier molecular flexibility index (Phi) is 5.69. The second-order valence-electron chi connectivity index (χ2n) is 5.16. The van der Waals surface area contributed by atoms with Crippen LogP contribution >= 0.6 is 11.6 Å². The van der Waals surface area contributed by atoms with Crippen molar-refractivity contribution in [3.05, 3.63) is 64.2 Å². The molecule has 0 aliphatic heterocycles. The number of carbonyl (C=O) groups is 2. The number of nitrogens with one attached hydrogen (secondary N) is 1. The molecule has 2 aromatic carbocycles. The number of hydrogen-bond donors (Lipinski definition) is 1. The van der Waals surface area contributed by atoms with Gasteiger partial charge in [0.15, 0.2) is 6.61 Å². The highest BCUT2D eigenvalue weighted by atomic mass is 35.5. The Morgan fingerprint density at radius 2 is 1.76 bits per heavy atom. The van der Waals surface area contributed by atoms with Gasteiger partial charge in [0.1, 0.15) is 0 Å². The first-order chi connectivity index (χ1) is 11.7. The summed E-state index contributed by atoms with van der Waals surface area (Å²) in [5.41, 5.74) is 0.316. The number of amides is 1. The third-order valence-electron chi connectivity index (χ3n) is 3.24. The van der Waals surface area contributed by atoms with Crippen molar-refractivity contribution in [3.63, 3.8) is 0 Å². The van der Waals surface area contributed by atoms with Gasteiger partial charge >= 0.3 is 12.1 Å². The van der Waals surface area contributed by atoms with Crippen LogP contribution in [0.15, 0.2) is 42.5 Å². The highest BCUT2D eigenvalue weighted by Crippen LogP contribution is 2.29. The summed E-state index contributed by atoms with van der Waals surface area (Å²) in [5, 5.41) is 2.97. The molecule has 4 nitrogen and oxygen atoms in total. The van der Waals surface area contributed by atoms with Crippen molar-refractivity contribution < 1.29 is 27.5 Å². The molecule has 25 heavy (non-hydrogen) atoms. The molecule has 0 atom stereocenters. The number of esters is 1. The fourth-order valence-corrected chi connectivity index (χ4v) is 2.06. The number of aryl methyl sites for hydroxylation is 1. The lowest BCUT2D eigenvalue weighted by molar-refractivity contribution is -0.137. The molecule has 0 spiro atoms. The van der Waals surface area contributed by atoms with Crippen LogP contribution < -0.4 is 5.32 Å². The van der Waals surface area contributed by atoms with Crippen LogP contribution in [0.2, 0.25) is 5.02 Å². The molecule has 132 valence electrons. The number of alkyl halides is 3. The number of rotatable bonds is 4. The average Bonchev–Trinajstić information content (AvgIpc) is 2.55. The van der Waals surface area contributed by atoms with Crippen LogP contribution in [-0.4, -0.2) is 18.5 Å². The molecule has 0 aliphatic carbocycles. The minimum atomic E-state index is -4.49. The van der Waals surface area contributed by atoms with E-state index in [0.717, 1.165) is 29.8 Å². The Hall–Kier alpha value is -2.54. The minimum absolute atomic E-state index is 0.0841. The molecule has 0 bridgehead atoms. The Morgan fingerprint density at radius 1 is 1.12 bits per heavy atom. The van der Waals surface area contributed by atoms with Gasteiger partial charge in [0.05, 0.1) is 11.1 Å². The Balaban J connectivity index is 1.90. The van der Waals surface area contributed by atoms with E-state index in [1.165, 1.54) is 0 Å². The monoisotopic (exact) mass is 371 g/mol. The van der Waals surface area contributed by atoms with Crippen molar-refractivity contribution >= 4 is 29.2 Å². The van der Waals surface area contributed by atoms with E-state index in [9.17, 15) is 22.8 Å². The van der Waals surface area contributed by atoms with Crippen molar-refractivity contribution in [3.8, 4) is 0 Å². The Morgan fingerprint density at radius 3 is 2.32 bits per heavy atom. The second-order valence-corrected chi connectivity index (χ2v) is 5.57. The highest BCUT2D eigenvalue weighted by molar-refractivity contribution is 6.31. The minimum Gasteiger partial charge on any atom is -0.452 e. The molecule has 0 radical (unpaired) electrons. The first kappa shape index (κ1) is 18.8. The maximum atomic E-state index is 12.5. The van der Waals surface area contributed by atoms with Gasteiger partial charge in [-0.1, -0.05) is 17.7 Å². The maximum Gasteiger partial charge on any atom is 0.416 e. The van der Waals surface area contributed by atoms with Gasteiger partial charge in [-0.2, -0.15) is 13.2 Å². The molecule has 0 unspecified atom stereocenters. The molecule has 0 aliphatic rings. The maximum absolute atomic E-state index is 12.5. The summed E-state index contributed by atoms with van der Waals surface area (Å²) in [5.74, 6) is -1.49. The van der Waals surface area contributed by atoms with Crippen molar-refractivity contribution in [1.82, 2.24) is 0 Å². The van der Waals surface area contributed by atoms with Gasteiger partial charge < -0.3 is 10.1 Å². The molecule has 0 aromatic heterocycles. The largest absolute Gasteiger partial charge is 0.452 e. The van der Waals surface area contributed by atoms with E-state index in [1.54, 1.807) is 25.1 Å². The van der Waals surface area contributed by atoms with Crippen LogP contribution in [0.4, 0.5) is 18.9 Å². The summed E-state index contributed by atoms with van der Waals surface area (Å²) in [7, 11) is 0. The molecule has 2 rings (SSSR count). The molecule has 0 fully saturated rings. The summed E-state index contributed by atoms with van der Waals surface area (Å²) in [6.45, 7) is 1.23. The zero-order valence-corrected chi connectivity index (χ0v) is 13.7. The van der Waals surface area contributed by atoms with Crippen molar-refractivity contribution in [2.24, 2.45) is 0 Å². The van der Waals surface area contributed by atoms with Crippen molar-refractivity contribution in [2.45, 2.75) is 13.1 Å². The van der Waals surface area contributed by atoms with E-state index in [2.05, 4.69) is 5.32 Å². The van der Waals surface area contributed by atoms with E-state index < -0.39 is 30.2 Å². The molecule has 1 N–H and O–H groups in total. The number of hydrogen-bond acceptors (Lipinski definition) is 3. The SMILES string of the molecule is Cc1ccc(NC(=O)COC(=O)c2ccc(C(F)(F)F)cc2)cc1Cl. The molecule has 0 saturated carbocycles. The third-order valence-corrected chi connectivity index (χ3v) is 3.65. The van der Waals surface area contributed by atoms with Gasteiger partial charge in [0.25, 0.3) is 5.91 Å². The van der Waals surface area contributed by atoms with Crippen LogP contribution in [-0.2, 0) is 15.7 Å². The summed E-state index contributed by atoms with van der Waals surface area (Å²) in [6.07, 6.45) is -4.49. The second kappa shape index (κ2) is 7.57. The number of anilines is 1. The van der Waals surface area contributed by atoms with E-state index in [0.29, 0.717) is 10.7 Å². The van der Waals surface area contributed by atoms with Gasteiger partial charge in [-0.05, 0) is 48.9 Å². The Labute approximate surface area is 146 Å². The smallest absolute Gasteiger partial charge is 0.416 e. The number of ether oxygens (including phenoxy) is 1. The van der Waals surface area contributed by atoms with Crippen molar-refractivity contribution in [2.75, 3.05) is 11.9 Å². The molecular formula is C17H13ClF3NO3. The van der Waals surface area contributed by atoms with Crippen LogP contribution in [0, 0.1) is 6.92 Å². The van der Waals surface area contributed by atoms with Crippen LogP contribution in [0.1, 0.15) is 21.5 Å². The van der Waals surface area contributed by atoms with Gasteiger partial charge in [-0.15, -0.1) is 0 Å². The quantitative estimate of drug-likeness (QED) is 0.807. The van der Waals surface area contributed by atoms with E-state index in [1.807, 2.05) is 0 Å². The van der Waals surface area contributed by atoms with Crippen LogP contribution in [0.5, 0.6) is 0 Å². The zero-order valence-electron chi connectivity index (χ0n) is 13.0. The predicted octanol–water partition coefficient (Wildman–Crippen LogP) is 4.46. The fraction of sp³-hybridized carbons (Fsp3) is 0.176. The van der Waals surface area contributed by atoms with E-state index >= 15 is 0 Å². The first-order valence-corrected chi connectivity index (χ1v) is 7.45. The predicted molar refractivity (Wildman–Crippen MR) is 86.5 cm³/mol. The summed E-state index contributed by atoms with van der Waals surface area (Å²) in [4.78, 5) is 23.5. The lowest BCUT2D eigenvalue weighted by Gasteiger charge is -2.09. The summed E-state index contributed by atoms with van der Waals surface area (Å²) < 4.78 is 42.1. The molecule has 2 aromatic rings. The van der Waals surface area contributed by atoms with Gasteiger partial charge in [0.2, 0.25) is 0 Å². The number of benzene rings is 2. The number of halogens is 4. The molecule has 1 amide bonds. The zero-order chi connectivity index (χ0) is 18.6. The van der Waals surface area contributed by atoms with Crippen molar-refractivity contribution in [1.29, 1.82) is 0 Å². The molecule has 0 heterocycles. The highest BCUT2D eigenvalue weighted by Gasteiger charge is 2.30. The summed E-state index contributed by atoms with van der Waals surface area (Å²) >= 11 is 5.93. The van der Waals surface area contributed by atoms with Crippen LogP contribution in [0.3, 0.4) is 0 Å². The normalized spacial score (nSPS) is 11.1. The number of carbonyl (C=O) groups excluding carboxylic acids is 2. The van der Waals surface area contributed by atoms with Gasteiger partial charge in [-0.3, -0.25) is 4.79 Å². The summed E-state index contributed by atoms with van der Waals surface area (Å²) in [6, 6.07) is 8.41. The lowest BCUT2D eigenvalue weighted by Crippen LogP contribution is -2.21. The Bertz CT molecular complexity index is 789. The lowest BCUT2D eigenvalue weighted by atomic mass is 10.1. The molecule has 8 heteroatoms. The van der Waals surface area contributed by atoms with E-state index in [-0.39, 0.29) is 5.56 Å². The van der Waals surface area contributed by atoms with Crippen LogP contribution in [0.25, 0.3) is 0 Å². The molecular weight excluding hydrogens is 359 g/mol.